The number of H-pyrrole nitrogens is 4. The first-order valence-corrected chi connectivity index (χ1v) is 49.8. The van der Waals surface area contributed by atoms with Gasteiger partial charge >= 0.3 is 6.18 Å². The molecule has 4 aliphatic heterocycles. The highest BCUT2D eigenvalue weighted by Crippen LogP contribution is 2.42. The SMILES string of the molecule is Cc1cc(Nc2nc(Nc3cc(C)c(C4CCCN(C(=O)CN(C)C)C4)cc3C)ncc2Cl)n[nH]1.Cc1cc(Nc2nc(Nc3cc(C)c(C4CCN(C[C@H](O)C(F)(F)F)CC4)cc3C)ncc2C)n[nH]1.Cc1cc(Nc2nc(Nc3cc(C)c(C4CCN(Cc5c(C)noc5C)CC4)cc3C)ncc2Cl)n[nH]1.Cc1cc(Nc2nc(Nc3cc(C)c(C4CCN(Cc5c(C)noc5C)CC4)cc3F)ncc2Cl)n[nH]1. The van der Waals surface area contributed by atoms with Crippen molar-refractivity contribution in [2.45, 2.75) is 211 Å². The van der Waals surface area contributed by atoms with Crippen molar-refractivity contribution in [3.63, 3.8) is 0 Å². The third kappa shape index (κ3) is 27.9. The first-order chi connectivity index (χ1) is 69.2. The number of nitrogens with one attached hydrogen (secondary N) is 12. The zero-order valence-corrected chi connectivity index (χ0v) is 87.3. The zero-order chi connectivity index (χ0) is 103. The summed E-state index contributed by atoms with van der Waals surface area (Å²) in [6.45, 7) is 40.6. The Balaban J connectivity index is 0.000000145. The predicted octanol–water partition coefficient (Wildman–Crippen LogP) is 21.9. The molecule has 0 aliphatic carbocycles. The molecule has 0 bridgehead atoms. The van der Waals surface area contributed by atoms with Gasteiger partial charge in [0.25, 0.3) is 0 Å². The number of hydrogen-bond donors (Lipinski definition) is 13. The molecule has 18 rings (SSSR count). The number of piperidine rings is 4. The maximum absolute atomic E-state index is 15.2. The molecule has 13 N–H and O–H groups in total. The lowest BCUT2D eigenvalue weighted by Gasteiger charge is -2.34. The normalized spacial score (nSPS) is 15.4. The second kappa shape index (κ2) is 47.3. The average molecular weight is 2050 g/mol. The van der Waals surface area contributed by atoms with Gasteiger partial charge < -0.3 is 71.4 Å². The number of likely N-dealkylation sites (tertiary alicyclic amines) is 4. The van der Waals surface area contributed by atoms with E-state index in [1.165, 1.54) is 45.1 Å². The maximum Gasteiger partial charge on any atom is 0.415 e. The molecular weight excluding hydrogens is 1920 g/mol. The van der Waals surface area contributed by atoms with Crippen LogP contribution in [0.25, 0.3) is 0 Å². The summed E-state index contributed by atoms with van der Waals surface area (Å²) in [6.07, 6.45) is 7.31. The third-order valence-corrected chi connectivity index (χ3v) is 27.7. The molecule has 4 aromatic carbocycles. The fourth-order valence-corrected chi connectivity index (χ4v) is 19.3. The van der Waals surface area contributed by atoms with E-state index in [9.17, 15) is 23.1 Å². The molecule has 145 heavy (non-hydrogen) atoms. The third-order valence-electron chi connectivity index (χ3n) is 26.9. The van der Waals surface area contributed by atoms with Gasteiger partial charge in [0.05, 0.1) is 42.2 Å². The van der Waals surface area contributed by atoms with Crippen LogP contribution in [0.3, 0.4) is 0 Å². The summed E-state index contributed by atoms with van der Waals surface area (Å²) in [4.78, 5) is 58.6. The summed E-state index contributed by atoms with van der Waals surface area (Å²) in [6, 6.07) is 24.0. The number of carbonyl (C=O) groups excluding carboxylic acids is 1. The number of amides is 1. The number of aromatic nitrogens is 18. The van der Waals surface area contributed by atoms with Crippen molar-refractivity contribution in [1.29, 1.82) is 0 Å². The second-order valence-electron chi connectivity index (χ2n) is 38.7. The lowest BCUT2D eigenvalue weighted by Crippen LogP contribution is -2.44. The molecule has 4 fully saturated rings. The van der Waals surface area contributed by atoms with Gasteiger partial charge in [0.15, 0.2) is 46.8 Å². The fourth-order valence-electron chi connectivity index (χ4n) is 18.8. The van der Waals surface area contributed by atoms with E-state index in [4.69, 9.17) is 43.8 Å². The number of hydrogen-bond acceptors (Lipinski definition) is 30. The number of likely N-dealkylation sites (N-methyl/N-ethyl adjacent to an activating group) is 1. The van der Waals surface area contributed by atoms with Crippen molar-refractivity contribution in [3.8, 4) is 0 Å². The van der Waals surface area contributed by atoms with Gasteiger partial charge in [0.2, 0.25) is 29.7 Å². The van der Waals surface area contributed by atoms with E-state index in [-0.39, 0.29) is 30.1 Å². The van der Waals surface area contributed by atoms with Crippen LogP contribution >= 0.6 is 34.8 Å². The minimum absolute atomic E-state index is 0.196. The zero-order valence-electron chi connectivity index (χ0n) is 85.1. The van der Waals surface area contributed by atoms with E-state index in [0.717, 1.165) is 205 Å². The van der Waals surface area contributed by atoms with Gasteiger partial charge in [-0.25, -0.2) is 24.3 Å². The van der Waals surface area contributed by atoms with Crippen molar-refractivity contribution < 1.29 is 36.5 Å². The van der Waals surface area contributed by atoms with E-state index in [2.05, 4.69) is 207 Å². The molecule has 0 radical (unpaired) electrons. The van der Waals surface area contributed by atoms with E-state index >= 15 is 4.39 Å². The van der Waals surface area contributed by atoms with Gasteiger partial charge in [0.1, 0.15) is 38.2 Å². The smallest absolute Gasteiger partial charge is 0.382 e. The molecule has 768 valence electrons. The second-order valence-corrected chi connectivity index (χ2v) is 39.9. The number of aryl methyl sites for hydroxylation is 16. The number of carbonyl (C=O) groups is 1. The predicted molar refractivity (Wildman–Crippen MR) is 560 cm³/mol. The molecule has 10 aromatic heterocycles. The molecule has 0 spiro atoms. The topological polar surface area (TPSA) is 420 Å². The van der Waals surface area contributed by atoms with Crippen molar-refractivity contribution in [3.05, 3.63) is 242 Å². The van der Waals surface area contributed by atoms with Gasteiger partial charge in [-0.1, -0.05) is 63.3 Å². The van der Waals surface area contributed by atoms with Crippen molar-refractivity contribution in [2.24, 2.45) is 0 Å². The van der Waals surface area contributed by atoms with Crippen LogP contribution in [0.15, 0.2) is 107 Å². The number of aromatic amines is 4. The number of aliphatic hydroxyl groups excluding tert-OH is 1. The van der Waals surface area contributed by atoms with Crippen LogP contribution in [-0.4, -0.2) is 218 Å². The fraction of sp³-hybridized carbons (Fsp3) is 0.427. The number of halogens is 7. The Hall–Kier alpha value is -13.3. The lowest BCUT2D eigenvalue weighted by molar-refractivity contribution is -0.208. The van der Waals surface area contributed by atoms with E-state index in [1.54, 1.807) is 29.6 Å². The molecule has 35 nitrogen and oxygen atoms in total. The Kier molecular flexibility index (Phi) is 34.6. The van der Waals surface area contributed by atoms with Crippen molar-refractivity contribution in [2.75, 3.05) is 122 Å². The molecular formula is C103H128Cl3F4N31O4. The Morgan fingerprint density at radius 2 is 0.752 bits per heavy atom. The molecule has 42 heteroatoms. The van der Waals surface area contributed by atoms with Crippen molar-refractivity contribution >= 4 is 134 Å². The van der Waals surface area contributed by atoms with E-state index < -0.39 is 12.3 Å². The Bertz CT molecular complexity index is 6580. The van der Waals surface area contributed by atoms with Crippen LogP contribution in [0, 0.1) is 117 Å². The highest BCUT2D eigenvalue weighted by molar-refractivity contribution is 6.33. The number of nitrogens with zero attached hydrogens (tertiary/aromatic N) is 19. The largest absolute Gasteiger partial charge is 0.415 e. The molecule has 4 aliphatic rings. The summed E-state index contributed by atoms with van der Waals surface area (Å²) in [5.74, 6) is 9.29. The quantitative estimate of drug-likeness (QED) is 0.0203. The summed E-state index contributed by atoms with van der Waals surface area (Å²) < 4.78 is 63.9. The van der Waals surface area contributed by atoms with E-state index in [1.807, 2.05) is 137 Å². The molecule has 14 aromatic rings. The number of rotatable bonds is 28. The molecule has 2 atom stereocenters. The molecule has 1 unspecified atom stereocenters. The minimum atomic E-state index is -4.58. The average Bonchev–Trinajstić information content (AvgIpc) is 1.33. The van der Waals surface area contributed by atoms with Crippen molar-refractivity contribution in [1.82, 2.24) is 115 Å². The highest BCUT2D eigenvalue weighted by Gasteiger charge is 2.40. The van der Waals surface area contributed by atoms with Gasteiger partial charge in [-0.05, 0) is 325 Å². The summed E-state index contributed by atoms with van der Waals surface area (Å²) in [7, 11) is 3.86. The Labute approximate surface area is 856 Å². The number of benzene rings is 4. The van der Waals surface area contributed by atoms with Crippen LogP contribution in [-0.2, 0) is 17.9 Å². The van der Waals surface area contributed by atoms with E-state index in [0.29, 0.717) is 123 Å². The van der Waals surface area contributed by atoms with Crippen LogP contribution in [0.4, 0.5) is 111 Å². The Morgan fingerprint density at radius 3 is 1.10 bits per heavy atom. The van der Waals surface area contributed by atoms with Gasteiger partial charge in [-0.3, -0.25) is 35.0 Å². The summed E-state index contributed by atoms with van der Waals surface area (Å²) >= 11 is 18.9. The van der Waals surface area contributed by atoms with Gasteiger partial charge in [0, 0.05) is 126 Å². The molecule has 1 amide bonds. The summed E-state index contributed by atoms with van der Waals surface area (Å²) in [5, 5.41) is 72.4. The standard InChI is InChI=1S/C27H33ClN8O.C26H30ClFN8O.C25H33ClN8O.C25H32F3N7O/c1-15-11-24(30-27-29-13-23(28)26(32-27)31-25-12-17(3)33-34-25)16(2)10-21(15)20-6-8-36(9-7-20)14-22-18(4)35-37-19(22)5;1-14-9-23(30-26-29-12-21(27)25(32-26)31-24-10-15(2)33-34-24)22(28)11-19(14)18-5-7-36(8-6-18)13-20-16(3)35-37-17(20)4;1-15-10-21(28-25-27-12-20(26)24(30-25)29-22-11-17(3)31-32-22)16(2)9-19(15)18-7-6-8-34(13-18)23(35)14-33(4)5;1-14-10-20(30-24-29-12-16(3)23(32-24)31-22-11-17(4)33-34-22)15(2)9-19(14)18-5-7-35(8-6-18)13-21(36)25(26,27)28/h10-13,20H,6-9,14H2,1-5H3,(H3,29,30,31,32,33,34);9-12,18H,5-8,13H2,1-4H3,(H3,29,30,31,32,33,34);9-12,18H,6-8,13-14H2,1-5H3,(H3,27,28,29,30,31,32);9-12,18,21,36H,5-8,13H2,1-4H3,(H3,29,30,31,32,33,34)/t;;;21-/m...0/s1. The van der Waals surface area contributed by atoms with Crippen LogP contribution in [0.5, 0.6) is 0 Å². The molecule has 4 saturated heterocycles. The Morgan fingerprint density at radius 1 is 0.421 bits per heavy atom. The number of anilines is 16. The number of β-amino-alcohol motifs (C(OH)–C–C–N with tert-alkyl or cyclic N) is 1. The van der Waals surface area contributed by atoms with Crippen LogP contribution in [0.1, 0.15) is 199 Å². The summed E-state index contributed by atoms with van der Waals surface area (Å²) in [5.41, 5.74) is 25.0. The van der Waals surface area contributed by atoms with Gasteiger partial charge in [-0.15, -0.1) is 0 Å². The first kappa shape index (κ1) is 106. The minimum Gasteiger partial charge on any atom is -0.382 e. The highest BCUT2D eigenvalue weighted by atomic mass is 35.5. The maximum atomic E-state index is 15.2. The molecule has 0 saturated carbocycles. The molecule has 14 heterocycles. The van der Waals surface area contributed by atoms with Gasteiger partial charge in [-0.2, -0.15) is 53.5 Å². The lowest BCUT2D eigenvalue weighted by atomic mass is 9.85. The number of alkyl halides is 3. The monoisotopic (exact) mass is 2040 g/mol. The van der Waals surface area contributed by atoms with Crippen LogP contribution < -0.4 is 42.5 Å². The first-order valence-electron chi connectivity index (χ1n) is 48.7. The number of aliphatic hydroxyl groups is 1. The van der Waals surface area contributed by atoms with Crippen LogP contribution in [0.2, 0.25) is 15.1 Å².